The van der Waals surface area contributed by atoms with Gasteiger partial charge in [0.05, 0.1) is 21.6 Å². The predicted octanol–water partition coefficient (Wildman–Crippen LogP) is 6.08. The maximum Gasteiger partial charge on any atom is 0.151 e. The quantitative estimate of drug-likeness (QED) is 0.400. The fraction of sp³-hybridized carbons (Fsp3) is 0.0435. The average molecular weight is 386 g/mol. The summed E-state index contributed by atoms with van der Waals surface area (Å²) in [5, 5.41) is 10.2. The van der Waals surface area contributed by atoms with Gasteiger partial charge in [-0.05, 0) is 54.1 Å². The molecule has 0 spiro atoms. The molecule has 4 nitrogen and oxygen atoms in total. The zero-order chi connectivity index (χ0) is 19.5. The first-order valence-corrected chi connectivity index (χ1v) is 9.09. The highest BCUT2D eigenvalue weighted by Crippen LogP contribution is 2.29. The first-order valence-electron chi connectivity index (χ1n) is 8.72. The summed E-state index contributed by atoms with van der Waals surface area (Å²) in [4.78, 5) is 4.59. The summed E-state index contributed by atoms with van der Waals surface area (Å²) >= 11 is 6.44. The molecule has 5 heteroatoms. The molecule has 3 aromatic carbocycles. The van der Waals surface area contributed by atoms with Crippen LogP contribution in [0.1, 0.15) is 11.4 Å². The van der Waals surface area contributed by atoms with E-state index in [9.17, 15) is 5.26 Å². The largest absolute Gasteiger partial charge is 0.457 e. The Morgan fingerprint density at radius 3 is 2.50 bits per heavy atom. The lowest BCUT2D eigenvalue weighted by Gasteiger charge is -2.07. The third-order valence-electron chi connectivity index (χ3n) is 4.40. The first kappa shape index (κ1) is 17.8. The Bertz CT molecular complexity index is 1220. The molecule has 0 aliphatic heterocycles. The number of halogens is 1. The molecular weight excluding hydrogens is 370 g/mol. The SMILES string of the molecule is Cn1c(C(C#N)=Cc2ccc(Oc3ccccc3)cc2Cl)nc2ccccc21. The van der Waals surface area contributed by atoms with Gasteiger partial charge in [0.15, 0.2) is 5.82 Å². The predicted molar refractivity (Wildman–Crippen MR) is 112 cm³/mol. The van der Waals surface area contributed by atoms with E-state index in [1.165, 1.54) is 0 Å². The molecule has 0 amide bonds. The highest BCUT2D eigenvalue weighted by molar-refractivity contribution is 6.32. The molecule has 0 unspecified atom stereocenters. The normalized spacial score (nSPS) is 11.4. The summed E-state index contributed by atoms with van der Waals surface area (Å²) in [5.41, 5.74) is 2.98. The molecule has 0 aliphatic carbocycles. The molecule has 4 aromatic rings. The van der Waals surface area contributed by atoms with Crippen molar-refractivity contribution in [1.82, 2.24) is 9.55 Å². The third-order valence-corrected chi connectivity index (χ3v) is 4.73. The van der Waals surface area contributed by atoms with Gasteiger partial charge in [0.25, 0.3) is 0 Å². The molecule has 1 aromatic heterocycles. The standard InChI is InChI=1S/C23H16ClN3O/c1-27-22-10-6-5-9-21(22)26-23(27)17(15-25)13-16-11-12-19(14-20(16)24)28-18-7-3-2-4-8-18/h2-14H,1H3. The van der Waals surface area contributed by atoms with Crippen LogP contribution in [0.15, 0.2) is 72.8 Å². The first-order chi connectivity index (χ1) is 13.7. The number of ether oxygens (including phenoxy) is 1. The average Bonchev–Trinajstić information content (AvgIpc) is 3.05. The molecule has 136 valence electrons. The van der Waals surface area contributed by atoms with Gasteiger partial charge in [-0.2, -0.15) is 5.26 Å². The van der Waals surface area contributed by atoms with E-state index < -0.39 is 0 Å². The molecule has 0 atom stereocenters. The van der Waals surface area contributed by atoms with Crippen LogP contribution in [-0.4, -0.2) is 9.55 Å². The van der Waals surface area contributed by atoms with Gasteiger partial charge in [-0.25, -0.2) is 4.98 Å². The van der Waals surface area contributed by atoms with Crippen LogP contribution in [0.2, 0.25) is 5.02 Å². The fourth-order valence-electron chi connectivity index (χ4n) is 3.00. The molecule has 0 radical (unpaired) electrons. The Balaban J connectivity index is 1.68. The van der Waals surface area contributed by atoms with Crippen LogP contribution in [0.25, 0.3) is 22.7 Å². The number of fused-ring (bicyclic) bond motifs is 1. The lowest BCUT2D eigenvalue weighted by Crippen LogP contribution is -1.96. The second-order valence-corrected chi connectivity index (χ2v) is 6.66. The molecular formula is C23H16ClN3O. The molecule has 0 saturated heterocycles. The van der Waals surface area contributed by atoms with Crippen molar-refractivity contribution in [2.45, 2.75) is 0 Å². The molecule has 0 aliphatic rings. The van der Waals surface area contributed by atoms with Crippen LogP contribution in [-0.2, 0) is 7.05 Å². The fourth-order valence-corrected chi connectivity index (χ4v) is 3.23. The number of hydrogen-bond acceptors (Lipinski definition) is 3. The minimum Gasteiger partial charge on any atom is -0.457 e. The third kappa shape index (κ3) is 3.48. The van der Waals surface area contributed by atoms with Gasteiger partial charge in [0.2, 0.25) is 0 Å². The number of hydrogen-bond donors (Lipinski definition) is 0. The van der Waals surface area contributed by atoms with Gasteiger partial charge < -0.3 is 9.30 Å². The van der Waals surface area contributed by atoms with Crippen LogP contribution in [0.5, 0.6) is 11.5 Å². The van der Waals surface area contributed by atoms with E-state index in [1.807, 2.05) is 78.3 Å². The smallest absolute Gasteiger partial charge is 0.151 e. The van der Waals surface area contributed by atoms with Crippen molar-refractivity contribution in [3.63, 3.8) is 0 Å². The van der Waals surface area contributed by atoms with Crippen LogP contribution < -0.4 is 4.74 Å². The van der Waals surface area contributed by atoms with Crippen molar-refractivity contribution < 1.29 is 4.74 Å². The topological polar surface area (TPSA) is 50.8 Å². The van der Waals surface area contributed by atoms with Crippen molar-refractivity contribution in [3.05, 3.63) is 89.2 Å². The van der Waals surface area contributed by atoms with Gasteiger partial charge >= 0.3 is 0 Å². The summed E-state index contributed by atoms with van der Waals surface area (Å²) in [6.07, 6.45) is 1.75. The monoisotopic (exact) mass is 385 g/mol. The number of imidazole rings is 1. The van der Waals surface area contributed by atoms with Gasteiger partial charge in [-0.3, -0.25) is 0 Å². The van der Waals surface area contributed by atoms with Gasteiger partial charge in [-0.15, -0.1) is 0 Å². The summed E-state index contributed by atoms with van der Waals surface area (Å²) < 4.78 is 7.71. The Kier molecular flexibility index (Phi) is 4.84. The minimum atomic E-state index is 0.442. The highest BCUT2D eigenvalue weighted by Gasteiger charge is 2.13. The lowest BCUT2D eigenvalue weighted by atomic mass is 10.1. The van der Waals surface area contributed by atoms with E-state index in [-0.39, 0.29) is 0 Å². The molecule has 0 N–H and O–H groups in total. The van der Waals surface area contributed by atoms with Gasteiger partial charge in [0, 0.05) is 7.05 Å². The van der Waals surface area contributed by atoms with Crippen LogP contribution in [0, 0.1) is 11.3 Å². The van der Waals surface area contributed by atoms with E-state index in [0.29, 0.717) is 22.2 Å². The molecule has 4 rings (SSSR count). The van der Waals surface area contributed by atoms with Crippen LogP contribution >= 0.6 is 11.6 Å². The number of aromatic nitrogens is 2. The Morgan fingerprint density at radius 1 is 1.04 bits per heavy atom. The van der Waals surface area contributed by atoms with Crippen molar-refractivity contribution in [2.75, 3.05) is 0 Å². The summed E-state index contributed by atoms with van der Waals surface area (Å²) in [5.74, 6) is 1.97. The Labute approximate surface area is 167 Å². The lowest BCUT2D eigenvalue weighted by molar-refractivity contribution is 0.482. The van der Waals surface area contributed by atoms with E-state index in [0.717, 1.165) is 22.3 Å². The van der Waals surface area contributed by atoms with E-state index >= 15 is 0 Å². The number of aryl methyl sites for hydroxylation is 1. The maximum atomic E-state index is 9.69. The van der Waals surface area contributed by atoms with Crippen molar-refractivity contribution in [2.24, 2.45) is 7.05 Å². The molecule has 0 bridgehead atoms. The van der Waals surface area contributed by atoms with Crippen LogP contribution in [0.4, 0.5) is 0 Å². The highest BCUT2D eigenvalue weighted by atomic mass is 35.5. The Hall–Kier alpha value is -3.55. The van der Waals surface area contributed by atoms with E-state index in [2.05, 4.69) is 11.1 Å². The van der Waals surface area contributed by atoms with Crippen molar-refractivity contribution >= 4 is 34.3 Å². The van der Waals surface area contributed by atoms with Crippen molar-refractivity contribution in [1.29, 1.82) is 5.26 Å². The number of benzene rings is 3. The maximum absolute atomic E-state index is 9.69. The number of rotatable bonds is 4. The summed E-state index contributed by atoms with van der Waals surface area (Å²) in [7, 11) is 1.90. The van der Waals surface area contributed by atoms with Crippen LogP contribution in [0.3, 0.4) is 0 Å². The second-order valence-electron chi connectivity index (χ2n) is 6.25. The number of nitrogens with zero attached hydrogens (tertiary/aromatic N) is 3. The van der Waals surface area contributed by atoms with E-state index in [4.69, 9.17) is 16.3 Å². The molecule has 1 heterocycles. The van der Waals surface area contributed by atoms with E-state index in [1.54, 1.807) is 12.1 Å². The second kappa shape index (κ2) is 7.59. The van der Waals surface area contributed by atoms with Gasteiger partial charge in [-0.1, -0.05) is 41.9 Å². The number of allylic oxidation sites excluding steroid dienone is 1. The number of nitriles is 1. The van der Waals surface area contributed by atoms with Gasteiger partial charge in [0.1, 0.15) is 17.6 Å². The zero-order valence-electron chi connectivity index (χ0n) is 15.1. The Morgan fingerprint density at radius 2 is 1.79 bits per heavy atom. The number of para-hydroxylation sites is 3. The van der Waals surface area contributed by atoms with Crippen molar-refractivity contribution in [3.8, 4) is 17.6 Å². The molecule has 0 saturated carbocycles. The minimum absolute atomic E-state index is 0.442. The summed E-state index contributed by atoms with van der Waals surface area (Å²) in [6.45, 7) is 0. The molecule has 0 fully saturated rings. The zero-order valence-corrected chi connectivity index (χ0v) is 15.9. The summed E-state index contributed by atoms with van der Waals surface area (Å²) in [6, 6.07) is 24.9. The molecule has 28 heavy (non-hydrogen) atoms.